The van der Waals surface area contributed by atoms with Gasteiger partial charge in [0.1, 0.15) is 0 Å². The number of carbonyl (C=O) groups excluding carboxylic acids is 1. The zero-order valence-electron chi connectivity index (χ0n) is 14.5. The first-order chi connectivity index (χ1) is 11.5. The summed E-state index contributed by atoms with van der Waals surface area (Å²) < 4.78 is 0. The Labute approximate surface area is 144 Å². The van der Waals surface area contributed by atoms with Crippen LogP contribution in [-0.4, -0.2) is 36.5 Å². The van der Waals surface area contributed by atoms with E-state index in [1.807, 2.05) is 55.5 Å². The lowest BCUT2D eigenvalue weighted by atomic mass is 10.1. The molecule has 0 radical (unpaired) electrons. The minimum absolute atomic E-state index is 0.0491. The largest absolute Gasteiger partial charge is 0.351 e. The van der Waals surface area contributed by atoms with Gasteiger partial charge >= 0.3 is 0 Å². The molecule has 0 saturated heterocycles. The zero-order valence-corrected chi connectivity index (χ0v) is 14.5. The van der Waals surface area contributed by atoms with Crippen LogP contribution in [0.15, 0.2) is 60.7 Å². The summed E-state index contributed by atoms with van der Waals surface area (Å²) >= 11 is 0. The molecule has 0 aliphatic carbocycles. The molecule has 2 aromatic rings. The number of hydrogen-bond acceptors (Lipinski definition) is 3. The fraction of sp³-hybridized carbons (Fsp3) is 0.350. The summed E-state index contributed by atoms with van der Waals surface area (Å²) in [5, 5.41) is 3.01. The van der Waals surface area contributed by atoms with Crippen molar-refractivity contribution in [1.29, 1.82) is 0 Å². The number of hydrogen-bond donors (Lipinski definition) is 2. The lowest BCUT2D eigenvalue weighted by Gasteiger charge is -2.23. The van der Waals surface area contributed by atoms with Gasteiger partial charge in [0, 0.05) is 19.1 Å². The van der Waals surface area contributed by atoms with Gasteiger partial charge < -0.3 is 16.0 Å². The SMILES string of the molecule is CC(CN(C)Cc1ccccc1)NC(=O)C(N)Cc1ccccc1. The van der Waals surface area contributed by atoms with Crippen LogP contribution in [0, 0.1) is 0 Å². The lowest BCUT2D eigenvalue weighted by molar-refractivity contribution is -0.123. The number of likely N-dealkylation sites (N-methyl/N-ethyl adjacent to an activating group) is 1. The molecule has 1 amide bonds. The highest BCUT2D eigenvalue weighted by Crippen LogP contribution is 2.04. The number of amides is 1. The maximum atomic E-state index is 12.2. The maximum absolute atomic E-state index is 12.2. The predicted molar refractivity (Wildman–Crippen MR) is 98.5 cm³/mol. The van der Waals surface area contributed by atoms with Gasteiger partial charge in [-0.15, -0.1) is 0 Å². The molecule has 0 aromatic heterocycles. The number of nitrogens with one attached hydrogen (secondary N) is 1. The Hall–Kier alpha value is -2.17. The van der Waals surface area contributed by atoms with Crippen LogP contribution in [0.25, 0.3) is 0 Å². The van der Waals surface area contributed by atoms with Crippen molar-refractivity contribution in [1.82, 2.24) is 10.2 Å². The van der Waals surface area contributed by atoms with Crippen molar-refractivity contribution < 1.29 is 4.79 Å². The zero-order chi connectivity index (χ0) is 17.4. The second-order valence-electron chi connectivity index (χ2n) is 6.39. The van der Waals surface area contributed by atoms with Crippen molar-refractivity contribution in [2.75, 3.05) is 13.6 Å². The average molecular weight is 325 g/mol. The number of rotatable bonds is 8. The normalized spacial score (nSPS) is 13.5. The predicted octanol–water partition coefficient (Wildman–Crippen LogP) is 2.19. The van der Waals surface area contributed by atoms with Gasteiger partial charge in [-0.25, -0.2) is 0 Å². The van der Waals surface area contributed by atoms with Gasteiger partial charge in [-0.1, -0.05) is 60.7 Å². The van der Waals surface area contributed by atoms with Crippen molar-refractivity contribution in [3.63, 3.8) is 0 Å². The van der Waals surface area contributed by atoms with Gasteiger partial charge in [0.25, 0.3) is 0 Å². The van der Waals surface area contributed by atoms with E-state index in [0.29, 0.717) is 6.42 Å². The molecule has 2 rings (SSSR count). The Morgan fingerprint density at radius 2 is 1.58 bits per heavy atom. The van der Waals surface area contributed by atoms with Crippen LogP contribution in [0.1, 0.15) is 18.1 Å². The fourth-order valence-corrected chi connectivity index (χ4v) is 2.78. The summed E-state index contributed by atoms with van der Waals surface area (Å²) in [5.41, 5.74) is 8.37. The van der Waals surface area contributed by atoms with Gasteiger partial charge in [-0.2, -0.15) is 0 Å². The summed E-state index contributed by atoms with van der Waals surface area (Å²) in [6.45, 7) is 3.64. The second kappa shape index (κ2) is 9.21. The lowest BCUT2D eigenvalue weighted by Crippen LogP contribution is -2.48. The van der Waals surface area contributed by atoms with E-state index in [0.717, 1.165) is 18.7 Å². The number of carbonyl (C=O) groups is 1. The topological polar surface area (TPSA) is 58.4 Å². The smallest absolute Gasteiger partial charge is 0.237 e. The molecule has 24 heavy (non-hydrogen) atoms. The highest BCUT2D eigenvalue weighted by molar-refractivity contribution is 5.82. The maximum Gasteiger partial charge on any atom is 0.237 e. The van der Waals surface area contributed by atoms with E-state index >= 15 is 0 Å². The average Bonchev–Trinajstić information content (AvgIpc) is 2.56. The first-order valence-electron chi connectivity index (χ1n) is 8.37. The van der Waals surface area contributed by atoms with Crippen LogP contribution in [0.5, 0.6) is 0 Å². The van der Waals surface area contributed by atoms with Crippen LogP contribution >= 0.6 is 0 Å². The van der Waals surface area contributed by atoms with Crippen molar-refractivity contribution in [2.45, 2.75) is 32.0 Å². The molecule has 4 nitrogen and oxygen atoms in total. The van der Waals surface area contributed by atoms with Crippen LogP contribution in [0.3, 0.4) is 0 Å². The molecule has 4 heteroatoms. The Morgan fingerprint density at radius 1 is 1.04 bits per heavy atom. The molecule has 0 aliphatic heterocycles. The van der Waals surface area contributed by atoms with E-state index in [2.05, 4.69) is 29.4 Å². The molecular weight excluding hydrogens is 298 g/mol. The van der Waals surface area contributed by atoms with Crippen molar-refractivity contribution >= 4 is 5.91 Å². The molecule has 0 saturated carbocycles. The van der Waals surface area contributed by atoms with E-state index in [4.69, 9.17) is 5.73 Å². The van der Waals surface area contributed by atoms with E-state index in [-0.39, 0.29) is 11.9 Å². The van der Waals surface area contributed by atoms with Gasteiger partial charge in [-0.3, -0.25) is 4.79 Å². The van der Waals surface area contributed by atoms with E-state index in [1.165, 1.54) is 5.56 Å². The number of benzene rings is 2. The van der Waals surface area contributed by atoms with Crippen LogP contribution in [0.4, 0.5) is 0 Å². The molecule has 0 fully saturated rings. The molecule has 3 N–H and O–H groups in total. The molecule has 0 aliphatic rings. The van der Waals surface area contributed by atoms with Crippen molar-refractivity contribution in [2.24, 2.45) is 5.73 Å². The summed E-state index contributed by atoms with van der Waals surface area (Å²) in [5.74, 6) is -0.0977. The quantitative estimate of drug-likeness (QED) is 0.782. The van der Waals surface area contributed by atoms with Crippen molar-refractivity contribution in [3.8, 4) is 0 Å². The minimum atomic E-state index is -0.519. The van der Waals surface area contributed by atoms with Crippen molar-refractivity contribution in [3.05, 3.63) is 71.8 Å². The Morgan fingerprint density at radius 3 is 2.17 bits per heavy atom. The van der Waals surface area contributed by atoms with Crippen LogP contribution < -0.4 is 11.1 Å². The third kappa shape index (κ3) is 6.14. The fourth-order valence-electron chi connectivity index (χ4n) is 2.78. The highest BCUT2D eigenvalue weighted by atomic mass is 16.2. The monoisotopic (exact) mass is 325 g/mol. The summed E-state index contributed by atoms with van der Waals surface area (Å²) in [6, 6.07) is 19.7. The summed E-state index contributed by atoms with van der Waals surface area (Å²) in [4.78, 5) is 14.4. The van der Waals surface area contributed by atoms with Gasteiger partial charge in [0.05, 0.1) is 6.04 Å². The minimum Gasteiger partial charge on any atom is -0.351 e. The first kappa shape index (κ1) is 18.2. The van der Waals surface area contributed by atoms with Gasteiger partial charge in [0.15, 0.2) is 0 Å². The summed E-state index contributed by atoms with van der Waals surface area (Å²) in [7, 11) is 2.06. The highest BCUT2D eigenvalue weighted by Gasteiger charge is 2.17. The summed E-state index contributed by atoms with van der Waals surface area (Å²) in [6.07, 6.45) is 0.555. The molecule has 128 valence electrons. The molecule has 2 unspecified atom stereocenters. The number of nitrogens with two attached hydrogens (primary N) is 1. The Kier molecular flexibility index (Phi) is 6.97. The van der Waals surface area contributed by atoms with E-state index in [1.54, 1.807) is 0 Å². The van der Waals surface area contributed by atoms with Gasteiger partial charge in [0.2, 0.25) is 5.91 Å². The van der Waals surface area contributed by atoms with E-state index in [9.17, 15) is 4.79 Å². The molecule has 0 spiro atoms. The molecule has 2 aromatic carbocycles. The molecular formula is C20H27N3O. The number of nitrogens with zero attached hydrogens (tertiary/aromatic N) is 1. The third-order valence-corrected chi connectivity index (χ3v) is 3.90. The molecule has 0 bridgehead atoms. The Bertz CT molecular complexity index is 615. The molecule has 0 heterocycles. The second-order valence-corrected chi connectivity index (χ2v) is 6.39. The third-order valence-electron chi connectivity index (χ3n) is 3.90. The Balaban J connectivity index is 1.76. The van der Waals surface area contributed by atoms with E-state index < -0.39 is 6.04 Å². The first-order valence-corrected chi connectivity index (χ1v) is 8.37. The van der Waals surface area contributed by atoms with Crippen LogP contribution in [-0.2, 0) is 17.8 Å². The van der Waals surface area contributed by atoms with Crippen LogP contribution in [0.2, 0.25) is 0 Å². The molecule has 2 atom stereocenters. The van der Waals surface area contributed by atoms with Gasteiger partial charge in [-0.05, 0) is 31.5 Å². The standard InChI is InChI=1S/C20H27N3O/c1-16(14-23(2)15-18-11-7-4-8-12-18)22-20(24)19(21)13-17-9-5-3-6-10-17/h3-12,16,19H,13-15,21H2,1-2H3,(H,22,24).